The predicted molar refractivity (Wildman–Crippen MR) is 113 cm³/mol. The first-order chi connectivity index (χ1) is 12.5. The van der Waals surface area contributed by atoms with Gasteiger partial charge in [-0.1, -0.05) is 63.2 Å². The number of anilines is 2. The number of aromatic nitrogens is 1. The van der Waals surface area contributed by atoms with Crippen molar-refractivity contribution >= 4 is 32.9 Å². The molecule has 4 rings (SSSR count). The fourth-order valence-corrected chi connectivity index (χ4v) is 4.06. The van der Waals surface area contributed by atoms with Crippen LogP contribution in [0.4, 0.5) is 11.5 Å². The average molecular weight is 359 g/mol. The van der Waals surface area contributed by atoms with Gasteiger partial charge in [-0.25, -0.2) is 4.98 Å². The maximum Gasteiger partial charge on any atom is 0.139 e. The van der Waals surface area contributed by atoms with E-state index in [2.05, 4.69) is 79.6 Å². The summed E-state index contributed by atoms with van der Waals surface area (Å²) in [6.07, 6.45) is 1.87. The van der Waals surface area contributed by atoms with Crippen molar-refractivity contribution in [3.63, 3.8) is 0 Å². The van der Waals surface area contributed by atoms with E-state index >= 15 is 0 Å². The quantitative estimate of drug-likeness (QED) is 0.426. The van der Waals surface area contributed by atoms with Gasteiger partial charge in [0.1, 0.15) is 5.82 Å². The zero-order chi connectivity index (χ0) is 18.1. The molecule has 1 N–H and O–H groups in total. The molecule has 0 aliphatic rings. The van der Waals surface area contributed by atoms with Crippen molar-refractivity contribution in [2.75, 3.05) is 5.32 Å². The molecule has 0 aliphatic heterocycles. The first kappa shape index (κ1) is 16.8. The van der Waals surface area contributed by atoms with Gasteiger partial charge in [0.15, 0.2) is 0 Å². The smallest absolute Gasteiger partial charge is 0.139 e. The van der Waals surface area contributed by atoms with Crippen LogP contribution in [0.15, 0.2) is 72.9 Å². The van der Waals surface area contributed by atoms with Crippen molar-refractivity contribution in [2.45, 2.75) is 26.2 Å². The van der Waals surface area contributed by atoms with Crippen molar-refractivity contribution < 1.29 is 0 Å². The van der Waals surface area contributed by atoms with Crippen LogP contribution in [0.1, 0.15) is 26.3 Å². The topological polar surface area (TPSA) is 24.9 Å². The molecule has 2 aromatic heterocycles. The Morgan fingerprint density at radius 2 is 1.62 bits per heavy atom. The van der Waals surface area contributed by atoms with E-state index in [4.69, 9.17) is 0 Å². The summed E-state index contributed by atoms with van der Waals surface area (Å²) in [7, 11) is 0. The lowest BCUT2D eigenvalue weighted by Gasteiger charge is -2.18. The molecule has 0 amide bonds. The number of hydrogen-bond acceptors (Lipinski definition) is 3. The van der Waals surface area contributed by atoms with E-state index in [1.165, 1.54) is 20.7 Å². The number of rotatable bonds is 3. The lowest BCUT2D eigenvalue weighted by atomic mass is 9.86. The van der Waals surface area contributed by atoms with Crippen LogP contribution in [-0.4, -0.2) is 4.98 Å². The molecule has 0 fully saturated rings. The van der Waals surface area contributed by atoms with Crippen LogP contribution in [0.5, 0.6) is 0 Å². The molecule has 26 heavy (non-hydrogen) atoms. The van der Waals surface area contributed by atoms with E-state index in [0.717, 1.165) is 16.9 Å². The molecular formula is C23H22N2S. The SMILES string of the molecule is CC(C)(C)c1ccc(-c2cc3c(Nc4ccccc4)nccc3s2)cc1. The van der Waals surface area contributed by atoms with Crippen molar-refractivity contribution in [1.82, 2.24) is 4.98 Å². The molecule has 0 radical (unpaired) electrons. The number of pyridine rings is 1. The number of nitrogens with zero attached hydrogens (tertiary/aromatic N) is 1. The molecule has 0 saturated heterocycles. The van der Waals surface area contributed by atoms with E-state index in [1.54, 1.807) is 0 Å². The van der Waals surface area contributed by atoms with Crippen LogP contribution in [0.25, 0.3) is 20.5 Å². The Labute approximate surface area is 158 Å². The number of thiophene rings is 1. The lowest BCUT2D eigenvalue weighted by molar-refractivity contribution is 0.590. The van der Waals surface area contributed by atoms with Crippen LogP contribution in [-0.2, 0) is 5.41 Å². The summed E-state index contributed by atoms with van der Waals surface area (Å²) in [6, 6.07) is 23.4. The Bertz CT molecular complexity index is 1030. The molecule has 2 aromatic carbocycles. The normalized spacial score (nSPS) is 11.7. The minimum Gasteiger partial charge on any atom is -0.340 e. The summed E-state index contributed by atoms with van der Waals surface area (Å²) in [5.41, 5.74) is 3.84. The Morgan fingerprint density at radius 3 is 2.31 bits per heavy atom. The Hall–Kier alpha value is -2.65. The van der Waals surface area contributed by atoms with Crippen LogP contribution in [0, 0.1) is 0 Å². The van der Waals surface area contributed by atoms with E-state index < -0.39 is 0 Å². The molecule has 130 valence electrons. The molecule has 4 aromatic rings. The molecular weight excluding hydrogens is 336 g/mol. The summed E-state index contributed by atoms with van der Waals surface area (Å²) in [4.78, 5) is 5.82. The summed E-state index contributed by atoms with van der Waals surface area (Å²) in [6.45, 7) is 6.73. The van der Waals surface area contributed by atoms with Gasteiger partial charge in [0, 0.05) is 26.8 Å². The highest BCUT2D eigenvalue weighted by molar-refractivity contribution is 7.22. The number of benzene rings is 2. The number of nitrogens with one attached hydrogen (secondary N) is 1. The molecule has 3 heteroatoms. The fourth-order valence-electron chi connectivity index (χ4n) is 3.00. The minimum atomic E-state index is 0.176. The summed E-state index contributed by atoms with van der Waals surface area (Å²) < 4.78 is 1.24. The molecule has 0 aliphatic carbocycles. The molecule has 0 bridgehead atoms. The number of para-hydroxylation sites is 1. The van der Waals surface area contributed by atoms with Crippen molar-refractivity contribution in [1.29, 1.82) is 0 Å². The molecule has 2 nitrogen and oxygen atoms in total. The molecule has 2 heterocycles. The second-order valence-electron chi connectivity index (χ2n) is 7.50. The van der Waals surface area contributed by atoms with Gasteiger partial charge in [-0.05, 0) is 40.8 Å². The zero-order valence-corrected chi connectivity index (χ0v) is 16.1. The van der Waals surface area contributed by atoms with Crippen molar-refractivity contribution in [2.24, 2.45) is 0 Å². The van der Waals surface area contributed by atoms with Gasteiger partial charge in [0.25, 0.3) is 0 Å². The highest BCUT2D eigenvalue weighted by Crippen LogP contribution is 2.37. The highest BCUT2D eigenvalue weighted by atomic mass is 32.1. The maximum absolute atomic E-state index is 4.55. The molecule has 0 atom stereocenters. The molecule has 0 saturated carbocycles. The van der Waals surface area contributed by atoms with Gasteiger partial charge >= 0.3 is 0 Å². The fraction of sp³-hybridized carbons (Fsp3) is 0.174. The zero-order valence-electron chi connectivity index (χ0n) is 15.3. The Kier molecular flexibility index (Phi) is 4.25. The van der Waals surface area contributed by atoms with Crippen LogP contribution < -0.4 is 5.32 Å². The van der Waals surface area contributed by atoms with Crippen LogP contribution in [0.3, 0.4) is 0 Å². The van der Waals surface area contributed by atoms with E-state index in [9.17, 15) is 0 Å². The summed E-state index contributed by atoms with van der Waals surface area (Å²) in [5, 5.41) is 4.60. The second-order valence-corrected chi connectivity index (χ2v) is 8.58. The largest absolute Gasteiger partial charge is 0.340 e. The first-order valence-electron chi connectivity index (χ1n) is 8.82. The van der Waals surface area contributed by atoms with Gasteiger partial charge in [-0.2, -0.15) is 0 Å². The van der Waals surface area contributed by atoms with Gasteiger partial charge in [0.05, 0.1) is 0 Å². The highest BCUT2D eigenvalue weighted by Gasteiger charge is 2.14. The average Bonchev–Trinajstić information content (AvgIpc) is 3.07. The summed E-state index contributed by atoms with van der Waals surface area (Å²) in [5.74, 6) is 0.905. The first-order valence-corrected chi connectivity index (χ1v) is 9.64. The van der Waals surface area contributed by atoms with Crippen molar-refractivity contribution in [3.8, 4) is 10.4 Å². The molecule has 0 spiro atoms. The van der Waals surface area contributed by atoms with Gasteiger partial charge in [-0.15, -0.1) is 11.3 Å². The van der Waals surface area contributed by atoms with Crippen molar-refractivity contribution in [3.05, 3.63) is 78.5 Å². The van der Waals surface area contributed by atoms with Crippen LogP contribution >= 0.6 is 11.3 Å². The standard InChI is InChI=1S/C23H22N2S/c1-23(2,3)17-11-9-16(10-12-17)21-15-19-20(26-21)13-14-24-22(19)25-18-7-5-4-6-8-18/h4-15H,1-3H3,(H,24,25). The number of fused-ring (bicyclic) bond motifs is 1. The third kappa shape index (κ3) is 3.35. The second kappa shape index (κ2) is 6.58. The third-order valence-electron chi connectivity index (χ3n) is 4.52. The van der Waals surface area contributed by atoms with Gasteiger partial charge in [-0.3, -0.25) is 0 Å². The minimum absolute atomic E-state index is 0.176. The van der Waals surface area contributed by atoms with E-state index in [1.807, 2.05) is 35.7 Å². The van der Waals surface area contributed by atoms with Crippen LogP contribution in [0.2, 0.25) is 0 Å². The van der Waals surface area contributed by atoms with Gasteiger partial charge < -0.3 is 5.32 Å². The molecule has 0 unspecified atom stereocenters. The monoisotopic (exact) mass is 358 g/mol. The van der Waals surface area contributed by atoms with E-state index in [0.29, 0.717) is 0 Å². The predicted octanol–water partition coefficient (Wildman–Crippen LogP) is 7.00. The summed E-state index contributed by atoms with van der Waals surface area (Å²) >= 11 is 1.81. The number of hydrogen-bond donors (Lipinski definition) is 1. The van der Waals surface area contributed by atoms with Gasteiger partial charge in [0.2, 0.25) is 0 Å². The maximum atomic E-state index is 4.55. The third-order valence-corrected chi connectivity index (χ3v) is 5.67. The Balaban J connectivity index is 1.71. The van der Waals surface area contributed by atoms with E-state index in [-0.39, 0.29) is 5.41 Å². The Morgan fingerprint density at radius 1 is 0.885 bits per heavy atom. The lowest BCUT2D eigenvalue weighted by Crippen LogP contribution is -2.10.